The zero-order chi connectivity index (χ0) is 16.3. The number of ether oxygens (including phenoxy) is 1. The van der Waals surface area contributed by atoms with Gasteiger partial charge < -0.3 is 10.1 Å². The highest BCUT2D eigenvalue weighted by Crippen LogP contribution is 2.24. The van der Waals surface area contributed by atoms with E-state index in [4.69, 9.17) is 0 Å². The van der Waals surface area contributed by atoms with Crippen molar-refractivity contribution in [1.82, 2.24) is 0 Å². The average Bonchev–Trinajstić information content (AvgIpc) is 2.28. The molecule has 0 fully saturated rings. The number of Topliss-reactive ketones (excluding diaryl/α,β-unsaturated/α-hetero) is 1. The summed E-state index contributed by atoms with van der Waals surface area (Å²) in [6, 6.07) is 3.68. The maximum atomic E-state index is 11.9. The molecule has 0 spiro atoms. The van der Waals surface area contributed by atoms with Crippen molar-refractivity contribution < 1.29 is 40.7 Å². The van der Waals surface area contributed by atoms with E-state index in [-0.39, 0.29) is 5.69 Å². The highest BCUT2D eigenvalue weighted by atomic mass is 19.4. The minimum atomic E-state index is -5.12. The van der Waals surface area contributed by atoms with Crippen LogP contribution in [0.25, 0.3) is 0 Å². The highest BCUT2D eigenvalue weighted by Gasteiger charge is 2.39. The second kappa shape index (κ2) is 6.02. The van der Waals surface area contributed by atoms with Gasteiger partial charge in [0.2, 0.25) is 11.7 Å². The lowest BCUT2D eigenvalue weighted by molar-refractivity contribution is -0.274. The number of anilines is 1. The number of nitrogens with one attached hydrogen (secondary N) is 1. The number of hydrogen-bond acceptors (Lipinski definition) is 3. The summed E-state index contributed by atoms with van der Waals surface area (Å²) in [7, 11) is 0. The van der Waals surface area contributed by atoms with Gasteiger partial charge in [-0.05, 0) is 24.3 Å². The summed E-state index contributed by atoms with van der Waals surface area (Å²) in [5.41, 5.74) is -0.0792. The standard InChI is InChI=1S/C11H7F6NO3/c12-10(13,14)8(19)5-9(20)18-6-1-3-7(4-2-6)21-11(15,16)17/h1-4H,5H2,(H,18,20). The normalized spacial score (nSPS) is 11.9. The Bertz CT molecular complexity index is 520. The summed E-state index contributed by atoms with van der Waals surface area (Å²) >= 11 is 0. The van der Waals surface area contributed by atoms with E-state index in [1.165, 1.54) is 0 Å². The molecule has 1 rings (SSSR count). The fourth-order valence-electron chi connectivity index (χ4n) is 1.19. The van der Waals surface area contributed by atoms with Crippen molar-refractivity contribution in [2.45, 2.75) is 19.0 Å². The summed E-state index contributed by atoms with van der Waals surface area (Å²) in [6.45, 7) is 0. The molecule has 0 saturated carbocycles. The van der Waals surface area contributed by atoms with Gasteiger partial charge in [0.25, 0.3) is 0 Å². The van der Waals surface area contributed by atoms with E-state index in [0.717, 1.165) is 24.3 Å². The van der Waals surface area contributed by atoms with Gasteiger partial charge in [-0.15, -0.1) is 13.2 Å². The number of amides is 1. The molecule has 1 amide bonds. The van der Waals surface area contributed by atoms with Crippen LogP contribution >= 0.6 is 0 Å². The number of benzene rings is 1. The van der Waals surface area contributed by atoms with Gasteiger partial charge in [-0.2, -0.15) is 13.2 Å². The quantitative estimate of drug-likeness (QED) is 0.686. The summed E-state index contributed by atoms with van der Waals surface area (Å²) in [5, 5.41) is 1.94. The van der Waals surface area contributed by atoms with Crippen LogP contribution < -0.4 is 10.1 Å². The Morgan fingerprint density at radius 2 is 1.52 bits per heavy atom. The summed E-state index contributed by atoms with van der Waals surface area (Å²) in [5.74, 6) is -4.02. The second-order valence-electron chi connectivity index (χ2n) is 3.72. The Balaban J connectivity index is 2.60. The SMILES string of the molecule is O=C(CC(=O)C(F)(F)F)Nc1ccc(OC(F)(F)F)cc1. The Morgan fingerprint density at radius 3 is 1.95 bits per heavy atom. The van der Waals surface area contributed by atoms with Crippen LogP contribution in [-0.2, 0) is 9.59 Å². The smallest absolute Gasteiger partial charge is 0.406 e. The molecule has 0 aromatic heterocycles. The van der Waals surface area contributed by atoms with Crippen LogP contribution in [0.5, 0.6) is 5.75 Å². The molecule has 1 aromatic carbocycles. The first-order chi connectivity index (χ1) is 9.47. The molecule has 21 heavy (non-hydrogen) atoms. The predicted molar refractivity (Wildman–Crippen MR) is 57.4 cm³/mol. The number of rotatable bonds is 4. The highest BCUT2D eigenvalue weighted by molar-refractivity contribution is 6.06. The average molecular weight is 315 g/mol. The van der Waals surface area contributed by atoms with E-state index < -0.39 is 36.4 Å². The Hall–Kier alpha value is -2.26. The van der Waals surface area contributed by atoms with Crippen molar-refractivity contribution in [2.24, 2.45) is 0 Å². The number of carbonyl (C=O) groups is 2. The molecule has 116 valence electrons. The van der Waals surface area contributed by atoms with Gasteiger partial charge in [0.05, 0.1) is 6.42 Å². The Morgan fingerprint density at radius 1 is 1.00 bits per heavy atom. The van der Waals surface area contributed by atoms with Gasteiger partial charge in [-0.3, -0.25) is 9.59 Å². The third-order valence-electron chi connectivity index (χ3n) is 2.01. The fourth-order valence-corrected chi connectivity index (χ4v) is 1.19. The zero-order valence-corrected chi connectivity index (χ0v) is 10.0. The van der Waals surface area contributed by atoms with Crippen LogP contribution in [0.15, 0.2) is 24.3 Å². The lowest BCUT2D eigenvalue weighted by Gasteiger charge is -2.10. The molecule has 0 unspecified atom stereocenters. The van der Waals surface area contributed by atoms with Crippen molar-refractivity contribution in [3.05, 3.63) is 24.3 Å². The van der Waals surface area contributed by atoms with E-state index in [1.54, 1.807) is 0 Å². The molecule has 4 nitrogen and oxygen atoms in total. The van der Waals surface area contributed by atoms with E-state index in [9.17, 15) is 35.9 Å². The third-order valence-corrected chi connectivity index (χ3v) is 2.01. The van der Waals surface area contributed by atoms with Gasteiger partial charge in [-0.25, -0.2) is 0 Å². The summed E-state index contributed by atoms with van der Waals surface area (Å²) in [6.07, 6.45) is -11.4. The molecule has 0 bridgehead atoms. The predicted octanol–water partition coefficient (Wildman–Crippen LogP) is 3.05. The number of alkyl halides is 6. The molecule has 10 heteroatoms. The van der Waals surface area contributed by atoms with Crippen molar-refractivity contribution in [3.63, 3.8) is 0 Å². The van der Waals surface area contributed by atoms with Crippen molar-refractivity contribution >= 4 is 17.4 Å². The second-order valence-corrected chi connectivity index (χ2v) is 3.72. The molecule has 0 aliphatic heterocycles. The van der Waals surface area contributed by atoms with Gasteiger partial charge in [0.15, 0.2) is 0 Å². The molecule has 0 radical (unpaired) electrons. The van der Waals surface area contributed by atoms with E-state index in [2.05, 4.69) is 4.74 Å². The van der Waals surface area contributed by atoms with E-state index >= 15 is 0 Å². The molecular formula is C11H7F6NO3. The lowest BCUT2D eigenvalue weighted by atomic mass is 10.2. The lowest BCUT2D eigenvalue weighted by Crippen LogP contribution is -2.27. The molecule has 0 heterocycles. The van der Waals surface area contributed by atoms with Gasteiger partial charge in [0, 0.05) is 5.69 Å². The number of carbonyl (C=O) groups excluding carboxylic acids is 2. The topological polar surface area (TPSA) is 55.4 Å². The molecule has 0 aliphatic rings. The van der Waals surface area contributed by atoms with Crippen LogP contribution in [0.4, 0.5) is 32.0 Å². The fraction of sp³-hybridized carbons (Fsp3) is 0.273. The third kappa shape index (κ3) is 6.15. The molecule has 1 aromatic rings. The van der Waals surface area contributed by atoms with Gasteiger partial charge >= 0.3 is 12.5 Å². The van der Waals surface area contributed by atoms with Crippen molar-refractivity contribution in [1.29, 1.82) is 0 Å². The number of halogens is 6. The van der Waals surface area contributed by atoms with Crippen molar-refractivity contribution in [2.75, 3.05) is 5.32 Å². The van der Waals surface area contributed by atoms with Crippen LogP contribution in [0.1, 0.15) is 6.42 Å². The molecule has 1 N–H and O–H groups in total. The van der Waals surface area contributed by atoms with Gasteiger partial charge in [0.1, 0.15) is 5.75 Å². The summed E-state index contributed by atoms with van der Waals surface area (Å²) < 4.78 is 74.9. The van der Waals surface area contributed by atoms with Crippen LogP contribution in [0, 0.1) is 0 Å². The monoisotopic (exact) mass is 315 g/mol. The molecule has 0 saturated heterocycles. The maximum absolute atomic E-state index is 11.9. The van der Waals surface area contributed by atoms with E-state index in [1.807, 2.05) is 5.32 Å². The Labute approximate surface area is 113 Å². The summed E-state index contributed by atoms with van der Waals surface area (Å²) in [4.78, 5) is 21.7. The molecule has 0 aliphatic carbocycles. The van der Waals surface area contributed by atoms with Gasteiger partial charge in [-0.1, -0.05) is 0 Å². The van der Waals surface area contributed by atoms with Crippen LogP contribution in [-0.4, -0.2) is 24.2 Å². The first kappa shape index (κ1) is 16.8. The van der Waals surface area contributed by atoms with Crippen LogP contribution in [0.2, 0.25) is 0 Å². The molecular weight excluding hydrogens is 308 g/mol. The minimum Gasteiger partial charge on any atom is -0.406 e. The van der Waals surface area contributed by atoms with Crippen molar-refractivity contribution in [3.8, 4) is 5.75 Å². The molecule has 0 atom stereocenters. The number of ketones is 1. The Kier molecular flexibility index (Phi) is 4.81. The first-order valence-corrected chi connectivity index (χ1v) is 5.23. The van der Waals surface area contributed by atoms with Crippen LogP contribution in [0.3, 0.4) is 0 Å². The minimum absolute atomic E-state index is 0.0792. The van der Waals surface area contributed by atoms with E-state index in [0.29, 0.717) is 0 Å². The zero-order valence-electron chi connectivity index (χ0n) is 10.0. The first-order valence-electron chi connectivity index (χ1n) is 5.23. The number of hydrogen-bond donors (Lipinski definition) is 1. The maximum Gasteiger partial charge on any atom is 0.573 e. The largest absolute Gasteiger partial charge is 0.573 e.